The van der Waals surface area contributed by atoms with Crippen molar-refractivity contribution in [3.8, 4) is 29.0 Å². The highest BCUT2D eigenvalue weighted by Gasteiger charge is 2.43. The molecule has 2 atom stereocenters. The molecule has 1 aromatic carbocycles. The van der Waals surface area contributed by atoms with E-state index in [2.05, 4.69) is 22.4 Å². The quantitative estimate of drug-likeness (QED) is 0.842. The van der Waals surface area contributed by atoms with Crippen LogP contribution in [0.25, 0.3) is 11.1 Å². The van der Waals surface area contributed by atoms with Crippen molar-refractivity contribution in [3.63, 3.8) is 0 Å². The number of amides is 1. The molecule has 0 bridgehead atoms. The van der Waals surface area contributed by atoms with E-state index in [4.69, 9.17) is 14.7 Å². The number of pyridine rings is 1. The first kappa shape index (κ1) is 18.9. The maximum absolute atomic E-state index is 12.2. The number of carbonyl (C=O) groups excluding carboxylic acids is 1. The fraction of sp³-hybridized carbons (Fsp3) is 0.364. The predicted octanol–water partition coefficient (Wildman–Crippen LogP) is 3.28. The molecule has 2 fully saturated rings. The third-order valence-corrected chi connectivity index (χ3v) is 5.20. The summed E-state index contributed by atoms with van der Waals surface area (Å²) in [6.07, 6.45) is 3.89. The molecular weight excluding hydrogens is 368 g/mol. The molecule has 1 saturated carbocycles. The number of nitriles is 2. The highest BCUT2D eigenvalue weighted by atomic mass is 16.5. The van der Waals surface area contributed by atoms with Crippen molar-refractivity contribution in [1.29, 1.82) is 10.5 Å². The van der Waals surface area contributed by atoms with Crippen LogP contribution in [0.2, 0.25) is 0 Å². The van der Waals surface area contributed by atoms with E-state index < -0.39 is 0 Å². The third kappa shape index (κ3) is 4.37. The van der Waals surface area contributed by atoms with Crippen LogP contribution in [0.4, 0.5) is 5.82 Å². The number of anilines is 1. The van der Waals surface area contributed by atoms with Gasteiger partial charge in [-0.15, -0.1) is 0 Å². The van der Waals surface area contributed by atoms with E-state index in [-0.39, 0.29) is 23.8 Å². The lowest BCUT2D eigenvalue weighted by Crippen LogP contribution is -2.26. The van der Waals surface area contributed by atoms with Crippen molar-refractivity contribution >= 4 is 11.7 Å². The monoisotopic (exact) mass is 388 g/mol. The lowest BCUT2D eigenvalue weighted by molar-refractivity contribution is -0.117. The number of carbonyl (C=O) groups is 1. The van der Waals surface area contributed by atoms with Gasteiger partial charge >= 0.3 is 0 Å². The standard InChI is InChI=1S/C22H20N4O3/c23-12-16-10-19(16)22(27)26-21-11-15(3-6-25-21)14-1-2-20(17(9-14)13-24)29-18-4-7-28-8-5-18/h1-3,6,9,11,16,18-19H,4-5,7-8,10H2,(H,25,26,27)/t16-,19+/m0/s1. The first-order chi connectivity index (χ1) is 14.2. The number of nitrogens with zero attached hydrogens (tertiary/aromatic N) is 3. The summed E-state index contributed by atoms with van der Waals surface area (Å²) in [7, 11) is 0. The zero-order valence-corrected chi connectivity index (χ0v) is 15.8. The summed E-state index contributed by atoms with van der Waals surface area (Å²) in [4.78, 5) is 16.3. The lowest BCUT2D eigenvalue weighted by atomic mass is 10.0. The van der Waals surface area contributed by atoms with Crippen LogP contribution in [0.5, 0.6) is 5.75 Å². The Morgan fingerprint density at radius 3 is 2.69 bits per heavy atom. The van der Waals surface area contributed by atoms with Gasteiger partial charge in [-0.1, -0.05) is 6.07 Å². The minimum atomic E-state index is -0.253. The van der Waals surface area contributed by atoms with Crippen LogP contribution in [0.15, 0.2) is 36.5 Å². The Kier molecular flexibility index (Phi) is 5.41. The molecule has 146 valence electrons. The van der Waals surface area contributed by atoms with Crippen LogP contribution in [-0.4, -0.2) is 30.2 Å². The lowest BCUT2D eigenvalue weighted by Gasteiger charge is -2.23. The Morgan fingerprint density at radius 2 is 1.97 bits per heavy atom. The van der Waals surface area contributed by atoms with Crippen molar-refractivity contribution < 1.29 is 14.3 Å². The van der Waals surface area contributed by atoms with Crippen LogP contribution in [0.3, 0.4) is 0 Å². The van der Waals surface area contributed by atoms with E-state index in [0.29, 0.717) is 36.8 Å². The summed E-state index contributed by atoms with van der Waals surface area (Å²) in [5.41, 5.74) is 2.13. The number of benzene rings is 1. The van der Waals surface area contributed by atoms with Crippen molar-refractivity contribution in [2.75, 3.05) is 18.5 Å². The van der Waals surface area contributed by atoms with Gasteiger partial charge in [0, 0.05) is 19.0 Å². The fourth-order valence-corrected chi connectivity index (χ4v) is 3.40. The second-order valence-electron chi connectivity index (χ2n) is 7.25. The number of rotatable bonds is 5. The largest absolute Gasteiger partial charge is 0.489 e. The van der Waals surface area contributed by atoms with Crippen LogP contribution in [0, 0.1) is 34.5 Å². The Morgan fingerprint density at radius 1 is 1.17 bits per heavy atom. The molecular formula is C22H20N4O3. The minimum absolute atomic E-state index is 0.0594. The molecule has 0 spiro atoms. The Hall–Kier alpha value is -3.42. The Balaban J connectivity index is 1.50. The molecule has 1 saturated heterocycles. The highest BCUT2D eigenvalue weighted by Crippen LogP contribution is 2.38. The van der Waals surface area contributed by atoms with Crippen molar-refractivity contribution in [3.05, 3.63) is 42.1 Å². The molecule has 1 aliphatic heterocycles. The second kappa shape index (κ2) is 8.30. The molecule has 1 N–H and O–H groups in total. The molecule has 7 nitrogen and oxygen atoms in total. The van der Waals surface area contributed by atoms with Crippen molar-refractivity contribution in [2.24, 2.45) is 11.8 Å². The molecule has 0 radical (unpaired) electrons. The summed E-state index contributed by atoms with van der Waals surface area (Å²) in [5.74, 6) is 0.371. The van der Waals surface area contributed by atoms with E-state index in [0.717, 1.165) is 24.0 Å². The molecule has 2 aliphatic rings. The first-order valence-electron chi connectivity index (χ1n) is 9.63. The first-order valence-corrected chi connectivity index (χ1v) is 9.63. The van der Waals surface area contributed by atoms with Crippen molar-refractivity contribution in [2.45, 2.75) is 25.4 Å². The number of hydrogen-bond donors (Lipinski definition) is 1. The maximum Gasteiger partial charge on any atom is 0.230 e. The zero-order valence-electron chi connectivity index (χ0n) is 15.8. The summed E-state index contributed by atoms with van der Waals surface area (Å²) >= 11 is 0. The van der Waals surface area contributed by atoms with Gasteiger partial charge in [-0.05, 0) is 41.8 Å². The van der Waals surface area contributed by atoms with Gasteiger partial charge in [0.05, 0.1) is 36.7 Å². The van der Waals surface area contributed by atoms with Gasteiger partial charge in [0.15, 0.2) is 0 Å². The van der Waals surface area contributed by atoms with Gasteiger partial charge < -0.3 is 14.8 Å². The number of ether oxygens (including phenoxy) is 2. The van der Waals surface area contributed by atoms with Gasteiger partial charge in [0.1, 0.15) is 23.7 Å². The topological polar surface area (TPSA) is 108 Å². The molecule has 0 unspecified atom stereocenters. The molecule has 29 heavy (non-hydrogen) atoms. The third-order valence-electron chi connectivity index (χ3n) is 5.20. The molecule has 1 aromatic heterocycles. The molecule has 2 aromatic rings. The number of nitrogens with one attached hydrogen (secondary N) is 1. The SMILES string of the molecule is N#Cc1cc(-c2ccnc(NC(=O)[C@@H]3C[C@H]3C#N)c2)ccc1OC1CCOCC1. The highest BCUT2D eigenvalue weighted by molar-refractivity contribution is 5.94. The summed E-state index contributed by atoms with van der Waals surface area (Å²) < 4.78 is 11.3. The molecule has 4 rings (SSSR count). The van der Waals surface area contributed by atoms with Gasteiger partial charge in [-0.25, -0.2) is 4.98 Å². The van der Waals surface area contributed by atoms with Crippen molar-refractivity contribution in [1.82, 2.24) is 4.98 Å². The zero-order chi connectivity index (χ0) is 20.2. The molecule has 7 heteroatoms. The van der Waals surface area contributed by atoms with Crippen LogP contribution in [0.1, 0.15) is 24.8 Å². The maximum atomic E-state index is 12.2. The average molecular weight is 388 g/mol. The van der Waals surface area contributed by atoms with E-state index in [9.17, 15) is 10.1 Å². The van der Waals surface area contributed by atoms with Gasteiger partial charge in [0.25, 0.3) is 0 Å². The van der Waals surface area contributed by atoms with Gasteiger partial charge in [-0.3, -0.25) is 4.79 Å². The number of aromatic nitrogens is 1. The Bertz CT molecular complexity index is 1000. The summed E-state index contributed by atoms with van der Waals surface area (Å²) in [6, 6.07) is 13.4. The Labute approximate surface area is 168 Å². The van der Waals surface area contributed by atoms with E-state index in [1.165, 1.54) is 0 Å². The minimum Gasteiger partial charge on any atom is -0.489 e. The van der Waals surface area contributed by atoms with Crippen LogP contribution >= 0.6 is 0 Å². The summed E-state index contributed by atoms with van der Waals surface area (Å²) in [6.45, 7) is 1.35. The average Bonchev–Trinajstić information content (AvgIpc) is 3.55. The second-order valence-corrected chi connectivity index (χ2v) is 7.25. The van der Waals surface area contributed by atoms with Crippen LogP contribution in [-0.2, 0) is 9.53 Å². The fourth-order valence-electron chi connectivity index (χ4n) is 3.40. The summed E-state index contributed by atoms with van der Waals surface area (Å²) in [5, 5.41) is 21.2. The van der Waals surface area contributed by atoms with E-state index in [1.54, 1.807) is 18.3 Å². The number of hydrogen-bond acceptors (Lipinski definition) is 6. The molecule has 2 heterocycles. The normalized spacial score (nSPS) is 20.9. The predicted molar refractivity (Wildman–Crippen MR) is 105 cm³/mol. The molecule has 1 amide bonds. The van der Waals surface area contributed by atoms with E-state index in [1.807, 2.05) is 18.2 Å². The van der Waals surface area contributed by atoms with E-state index >= 15 is 0 Å². The molecule has 1 aliphatic carbocycles. The smallest absolute Gasteiger partial charge is 0.230 e. The van der Waals surface area contributed by atoms with Crippen LogP contribution < -0.4 is 10.1 Å². The van der Waals surface area contributed by atoms with Gasteiger partial charge in [0.2, 0.25) is 5.91 Å². The van der Waals surface area contributed by atoms with Gasteiger partial charge in [-0.2, -0.15) is 10.5 Å².